The van der Waals surface area contributed by atoms with Crippen molar-refractivity contribution >= 4 is 11.5 Å². The Morgan fingerprint density at radius 2 is 1.83 bits per heavy atom. The quantitative estimate of drug-likeness (QED) is 0.789. The Kier molecular flexibility index (Phi) is 4.07. The van der Waals surface area contributed by atoms with Crippen molar-refractivity contribution in [3.05, 3.63) is 54.6 Å². The van der Waals surface area contributed by atoms with Crippen LogP contribution in [0.2, 0.25) is 0 Å². The summed E-state index contributed by atoms with van der Waals surface area (Å²) in [6.45, 7) is 1.89. The van der Waals surface area contributed by atoms with Crippen molar-refractivity contribution in [1.29, 1.82) is 0 Å². The molecule has 24 heavy (non-hydrogen) atoms. The molecule has 0 aliphatic rings. The van der Waals surface area contributed by atoms with Gasteiger partial charge in [-0.15, -0.1) is 13.2 Å². The molecular formula is C15H12F3N5O. The van der Waals surface area contributed by atoms with Crippen molar-refractivity contribution in [3.8, 4) is 11.6 Å². The predicted molar refractivity (Wildman–Crippen MR) is 80.3 cm³/mol. The van der Waals surface area contributed by atoms with Crippen molar-refractivity contribution in [2.24, 2.45) is 0 Å². The molecule has 0 atom stereocenters. The van der Waals surface area contributed by atoms with Crippen LogP contribution in [-0.4, -0.2) is 26.1 Å². The molecule has 9 heteroatoms. The van der Waals surface area contributed by atoms with E-state index in [1.54, 1.807) is 16.9 Å². The number of nitrogens with zero attached hydrogens (tertiary/aromatic N) is 4. The van der Waals surface area contributed by atoms with Crippen LogP contribution in [0.3, 0.4) is 0 Å². The fourth-order valence-corrected chi connectivity index (χ4v) is 2.03. The molecule has 2 aromatic heterocycles. The summed E-state index contributed by atoms with van der Waals surface area (Å²) in [5.41, 5.74) is 1.47. The van der Waals surface area contributed by atoms with E-state index < -0.39 is 6.36 Å². The van der Waals surface area contributed by atoms with Gasteiger partial charge >= 0.3 is 6.36 Å². The smallest absolute Gasteiger partial charge is 0.406 e. The van der Waals surface area contributed by atoms with Gasteiger partial charge in [0.2, 0.25) is 0 Å². The van der Waals surface area contributed by atoms with Crippen LogP contribution < -0.4 is 10.1 Å². The van der Waals surface area contributed by atoms with Crippen LogP contribution in [0.4, 0.5) is 24.7 Å². The Morgan fingerprint density at radius 3 is 2.46 bits per heavy atom. The minimum absolute atomic E-state index is 0.288. The Morgan fingerprint density at radius 1 is 1.08 bits per heavy atom. The number of benzene rings is 1. The van der Waals surface area contributed by atoms with Gasteiger partial charge in [0.1, 0.15) is 17.9 Å². The van der Waals surface area contributed by atoms with E-state index in [4.69, 9.17) is 0 Å². The zero-order valence-electron chi connectivity index (χ0n) is 12.4. The van der Waals surface area contributed by atoms with Crippen molar-refractivity contribution in [1.82, 2.24) is 19.7 Å². The van der Waals surface area contributed by atoms with Crippen LogP contribution in [0.1, 0.15) is 5.69 Å². The first kappa shape index (κ1) is 15.8. The van der Waals surface area contributed by atoms with Gasteiger partial charge in [0.15, 0.2) is 5.82 Å². The number of hydrogen-bond donors (Lipinski definition) is 1. The van der Waals surface area contributed by atoms with E-state index in [9.17, 15) is 13.2 Å². The third-order valence-electron chi connectivity index (χ3n) is 3.06. The Bertz CT molecular complexity index is 830. The first-order valence-electron chi connectivity index (χ1n) is 6.86. The lowest BCUT2D eigenvalue weighted by atomic mass is 10.3. The molecular weight excluding hydrogens is 323 g/mol. The first-order chi connectivity index (χ1) is 11.4. The summed E-state index contributed by atoms with van der Waals surface area (Å²) < 4.78 is 41.9. The SMILES string of the molecule is Cc1ccnn1-c1cc(Nc2ccc(OC(F)(F)F)cc2)ncn1. The lowest BCUT2D eigenvalue weighted by Crippen LogP contribution is -2.16. The third-order valence-corrected chi connectivity index (χ3v) is 3.06. The second-order valence-corrected chi connectivity index (χ2v) is 4.84. The highest BCUT2D eigenvalue weighted by molar-refractivity contribution is 5.58. The molecule has 3 rings (SSSR count). The minimum Gasteiger partial charge on any atom is -0.406 e. The minimum atomic E-state index is -4.71. The molecule has 0 saturated carbocycles. The average Bonchev–Trinajstić information content (AvgIpc) is 2.94. The van der Waals surface area contributed by atoms with Gasteiger partial charge < -0.3 is 10.1 Å². The summed E-state index contributed by atoms with van der Waals surface area (Å²) in [5, 5.41) is 7.14. The highest BCUT2D eigenvalue weighted by atomic mass is 19.4. The van der Waals surface area contributed by atoms with Gasteiger partial charge in [-0.25, -0.2) is 14.6 Å². The molecule has 0 fully saturated rings. The van der Waals surface area contributed by atoms with Gasteiger partial charge in [-0.2, -0.15) is 5.10 Å². The molecule has 0 aliphatic heterocycles. The lowest BCUT2D eigenvalue weighted by Gasteiger charge is -2.10. The summed E-state index contributed by atoms with van der Waals surface area (Å²) in [6.07, 6.45) is -1.68. The van der Waals surface area contributed by atoms with Crippen LogP contribution >= 0.6 is 0 Å². The zero-order chi connectivity index (χ0) is 17.2. The van der Waals surface area contributed by atoms with Gasteiger partial charge in [-0.3, -0.25) is 0 Å². The van der Waals surface area contributed by atoms with Gasteiger partial charge in [0.25, 0.3) is 0 Å². The molecule has 6 nitrogen and oxygen atoms in total. The molecule has 1 N–H and O–H groups in total. The summed E-state index contributed by atoms with van der Waals surface area (Å²) in [6, 6.07) is 8.88. The highest BCUT2D eigenvalue weighted by Gasteiger charge is 2.30. The van der Waals surface area contributed by atoms with Gasteiger partial charge in [-0.05, 0) is 37.3 Å². The Balaban J connectivity index is 1.76. The highest BCUT2D eigenvalue weighted by Crippen LogP contribution is 2.25. The maximum Gasteiger partial charge on any atom is 0.573 e. The summed E-state index contributed by atoms with van der Waals surface area (Å²) >= 11 is 0. The molecule has 0 saturated heterocycles. The summed E-state index contributed by atoms with van der Waals surface area (Å²) in [5.74, 6) is 0.773. The number of anilines is 2. The molecule has 0 bridgehead atoms. The molecule has 0 spiro atoms. The van der Waals surface area contributed by atoms with Gasteiger partial charge in [-0.1, -0.05) is 0 Å². The van der Waals surface area contributed by atoms with E-state index in [0.717, 1.165) is 5.69 Å². The maximum atomic E-state index is 12.1. The molecule has 0 amide bonds. The number of nitrogens with one attached hydrogen (secondary N) is 1. The molecule has 3 aromatic rings. The third kappa shape index (κ3) is 3.80. The Labute approximate surface area is 134 Å². The van der Waals surface area contributed by atoms with E-state index in [1.807, 2.05) is 13.0 Å². The fourth-order valence-electron chi connectivity index (χ4n) is 2.03. The van der Waals surface area contributed by atoms with Crippen molar-refractivity contribution < 1.29 is 17.9 Å². The lowest BCUT2D eigenvalue weighted by molar-refractivity contribution is -0.274. The number of aromatic nitrogens is 4. The first-order valence-corrected chi connectivity index (χ1v) is 6.86. The Hall–Kier alpha value is -3.10. The van der Waals surface area contributed by atoms with E-state index in [-0.39, 0.29) is 5.75 Å². The molecule has 0 radical (unpaired) electrons. The second kappa shape index (κ2) is 6.19. The number of halogens is 3. The molecule has 2 heterocycles. The van der Waals surface area contributed by atoms with E-state index in [1.165, 1.54) is 30.6 Å². The monoisotopic (exact) mass is 335 g/mol. The van der Waals surface area contributed by atoms with E-state index >= 15 is 0 Å². The molecule has 1 aromatic carbocycles. The van der Waals surface area contributed by atoms with E-state index in [2.05, 4.69) is 25.1 Å². The molecule has 0 aliphatic carbocycles. The second-order valence-electron chi connectivity index (χ2n) is 4.84. The summed E-state index contributed by atoms with van der Waals surface area (Å²) in [7, 11) is 0. The van der Waals surface area contributed by atoms with Crippen molar-refractivity contribution in [2.45, 2.75) is 13.3 Å². The van der Waals surface area contributed by atoms with Gasteiger partial charge in [0.05, 0.1) is 0 Å². The number of ether oxygens (including phenoxy) is 1. The number of hydrogen-bond acceptors (Lipinski definition) is 5. The molecule has 124 valence electrons. The van der Waals surface area contributed by atoms with Crippen LogP contribution in [0.5, 0.6) is 5.75 Å². The molecule has 0 unspecified atom stereocenters. The topological polar surface area (TPSA) is 64.9 Å². The average molecular weight is 335 g/mol. The number of alkyl halides is 3. The van der Waals surface area contributed by atoms with Crippen molar-refractivity contribution in [2.75, 3.05) is 5.32 Å². The van der Waals surface area contributed by atoms with Crippen LogP contribution in [-0.2, 0) is 0 Å². The number of aryl methyl sites for hydroxylation is 1. The van der Waals surface area contributed by atoms with Crippen LogP contribution in [0.15, 0.2) is 48.9 Å². The maximum absolute atomic E-state index is 12.1. The number of rotatable bonds is 4. The van der Waals surface area contributed by atoms with Crippen molar-refractivity contribution in [3.63, 3.8) is 0 Å². The fraction of sp³-hybridized carbons (Fsp3) is 0.133. The summed E-state index contributed by atoms with van der Waals surface area (Å²) in [4.78, 5) is 8.22. The predicted octanol–water partition coefficient (Wildman–Crippen LogP) is 3.61. The van der Waals surface area contributed by atoms with Crippen LogP contribution in [0.25, 0.3) is 5.82 Å². The van der Waals surface area contributed by atoms with Gasteiger partial charge in [0, 0.05) is 23.6 Å². The standard InChI is InChI=1S/C15H12F3N5O/c1-10-6-7-21-23(10)14-8-13(19-9-20-14)22-11-2-4-12(5-3-11)24-15(16,17)18/h2-9H,1H3,(H,19,20,22). The largest absolute Gasteiger partial charge is 0.573 e. The van der Waals surface area contributed by atoms with Crippen LogP contribution in [0, 0.1) is 6.92 Å². The normalized spacial score (nSPS) is 11.3. The van der Waals surface area contributed by atoms with E-state index in [0.29, 0.717) is 17.3 Å². The zero-order valence-corrected chi connectivity index (χ0v) is 12.4.